The van der Waals surface area contributed by atoms with Crippen molar-refractivity contribution in [1.29, 1.82) is 5.26 Å². The first kappa shape index (κ1) is 18.6. The lowest BCUT2D eigenvalue weighted by Gasteiger charge is -2.29. The maximum Gasteiger partial charge on any atom is 0.419 e. The molecule has 4 atom stereocenters. The number of hydrogen-bond acceptors (Lipinski definition) is 5. The zero-order chi connectivity index (χ0) is 21.0. The van der Waals surface area contributed by atoms with Gasteiger partial charge in [0.25, 0.3) is 0 Å². The Bertz CT molecular complexity index is 1230. The van der Waals surface area contributed by atoms with Gasteiger partial charge >= 0.3 is 5.76 Å². The highest BCUT2D eigenvalue weighted by Crippen LogP contribution is 2.49. The lowest BCUT2D eigenvalue weighted by atomic mass is 9.99. The second kappa shape index (κ2) is 6.85. The van der Waals surface area contributed by atoms with E-state index < -0.39 is 0 Å². The van der Waals surface area contributed by atoms with Gasteiger partial charge in [0.15, 0.2) is 5.58 Å². The number of likely N-dealkylation sites (tertiary alicyclic amines) is 1. The summed E-state index contributed by atoms with van der Waals surface area (Å²) in [5, 5.41) is 9.76. The third-order valence-corrected chi connectivity index (χ3v) is 6.50. The van der Waals surface area contributed by atoms with E-state index >= 15 is 0 Å². The van der Waals surface area contributed by atoms with Gasteiger partial charge in [0.05, 0.1) is 17.6 Å². The molecule has 2 aromatic carbocycles. The average Bonchev–Trinajstić information content (AvgIpc) is 3.32. The SMILES string of the molecule is Cn1c(=O)oc2ccc(-c3ccc(C[C@@H](C#N)N4C(C(N)=O)CC5CC54)cc3)cc21. The van der Waals surface area contributed by atoms with Gasteiger partial charge in [0.2, 0.25) is 5.91 Å². The molecule has 7 nitrogen and oxygen atoms in total. The van der Waals surface area contributed by atoms with Gasteiger partial charge in [-0.3, -0.25) is 14.3 Å². The number of nitrogens with zero attached hydrogens (tertiary/aromatic N) is 3. The Morgan fingerprint density at radius 1 is 1.23 bits per heavy atom. The van der Waals surface area contributed by atoms with Crippen molar-refractivity contribution in [1.82, 2.24) is 9.47 Å². The van der Waals surface area contributed by atoms with Crippen molar-refractivity contribution in [2.45, 2.75) is 37.4 Å². The molecule has 152 valence electrons. The minimum absolute atomic E-state index is 0.319. The molecule has 2 heterocycles. The molecule has 5 rings (SSSR count). The van der Waals surface area contributed by atoms with Crippen LogP contribution in [0.25, 0.3) is 22.2 Å². The normalized spacial score (nSPS) is 23.8. The fourth-order valence-electron chi connectivity index (χ4n) is 4.78. The number of piperidine rings is 1. The molecule has 1 aromatic heterocycles. The molecule has 3 aromatic rings. The second-order valence-electron chi connectivity index (χ2n) is 8.32. The van der Waals surface area contributed by atoms with Gasteiger partial charge in [-0.2, -0.15) is 5.26 Å². The first-order valence-electron chi connectivity index (χ1n) is 10.1. The van der Waals surface area contributed by atoms with Gasteiger partial charge in [0, 0.05) is 19.5 Å². The van der Waals surface area contributed by atoms with Crippen molar-refractivity contribution >= 4 is 17.0 Å². The molecule has 1 saturated carbocycles. The van der Waals surface area contributed by atoms with E-state index in [0.717, 1.165) is 35.0 Å². The van der Waals surface area contributed by atoms with Crippen LogP contribution in [-0.4, -0.2) is 33.5 Å². The highest BCUT2D eigenvalue weighted by Gasteiger charge is 2.55. The van der Waals surface area contributed by atoms with E-state index in [9.17, 15) is 14.9 Å². The third kappa shape index (κ3) is 3.01. The van der Waals surface area contributed by atoms with Crippen LogP contribution in [0.3, 0.4) is 0 Å². The number of primary amides is 1. The Morgan fingerprint density at radius 3 is 2.67 bits per heavy atom. The van der Waals surface area contributed by atoms with Crippen LogP contribution >= 0.6 is 0 Å². The van der Waals surface area contributed by atoms with E-state index in [-0.39, 0.29) is 23.7 Å². The van der Waals surface area contributed by atoms with E-state index in [1.165, 1.54) is 4.57 Å². The number of nitrogens with two attached hydrogens (primary N) is 1. The maximum atomic E-state index is 11.8. The highest BCUT2D eigenvalue weighted by molar-refractivity contribution is 5.81. The van der Waals surface area contributed by atoms with E-state index in [0.29, 0.717) is 24.0 Å². The number of carbonyl (C=O) groups is 1. The van der Waals surface area contributed by atoms with Crippen molar-refractivity contribution in [3.63, 3.8) is 0 Å². The van der Waals surface area contributed by atoms with E-state index in [4.69, 9.17) is 10.2 Å². The van der Waals surface area contributed by atoms with E-state index in [1.54, 1.807) is 13.1 Å². The van der Waals surface area contributed by atoms with Gasteiger partial charge in [-0.1, -0.05) is 30.3 Å². The number of fused-ring (bicyclic) bond motifs is 2. The predicted molar refractivity (Wildman–Crippen MR) is 111 cm³/mol. The number of aromatic nitrogens is 1. The number of carbonyl (C=O) groups excluding carboxylic acids is 1. The van der Waals surface area contributed by atoms with Gasteiger partial charge < -0.3 is 10.2 Å². The van der Waals surface area contributed by atoms with E-state index in [1.807, 2.05) is 41.3 Å². The Kier molecular flexibility index (Phi) is 4.26. The van der Waals surface area contributed by atoms with Crippen LogP contribution in [0.5, 0.6) is 0 Å². The van der Waals surface area contributed by atoms with Gasteiger partial charge in [-0.15, -0.1) is 0 Å². The number of aryl methyl sites for hydroxylation is 1. The molecule has 1 aliphatic heterocycles. The Balaban J connectivity index is 1.37. The number of benzene rings is 2. The summed E-state index contributed by atoms with van der Waals surface area (Å²) in [7, 11) is 1.69. The molecule has 1 saturated heterocycles. The van der Waals surface area contributed by atoms with Gasteiger partial charge in [0.1, 0.15) is 6.04 Å². The number of rotatable bonds is 5. The quantitative estimate of drug-likeness (QED) is 0.704. The molecule has 3 unspecified atom stereocenters. The molecule has 2 fully saturated rings. The van der Waals surface area contributed by atoms with Crippen molar-refractivity contribution in [2.24, 2.45) is 18.7 Å². The summed E-state index contributed by atoms with van der Waals surface area (Å²) in [5.74, 6) is -0.203. The third-order valence-electron chi connectivity index (χ3n) is 6.50. The molecule has 1 amide bonds. The van der Waals surface area contributed by atoms with Gasteiger partial charge in [-0.05, 0) is 47.6 Å². The van der Waals surface area contributed by atoms with Crippen LogP contribution in [0.15, 0.2) is 51.7 Å². The lowest BCUT2D eigenvalue weighted by Crippen LogP contribution is -2.48. The van der Waals surface area contributed by atoms with Gasteiger partial charge in [-0.25, -0.2) is 4.79 Å². The highest BCUT2D eigenvalue weighted by atomic mass is 16.4. The summed E-state index contributed by atoms with van der Waals surface area (Å²) in [6, 6.07) is 15.7. The zero-order valence-corrected chi connectivity index (χ0v) is 16.6. The number of oxazole rings is 1. The number of nitriles is 1. The Labute approximate surface area is 173 Å². The van der Waals surface area contributed by atoms with Crippen LogP contribution in [-0.2, 0) is 18.3 Å². The second-order valence-corrected chi connectivity index (χ2v) is 8.32. The fraction of sp³-hybridized carbons (Fsp3) is 0.348. The minimum atomic E-state index is -0.380. The molecule has 2 N–H and O–H groups in total. The molecule has 0 bridgehead atoms. The van der Waals surface area contributed by atoms with Crippen LogP contribution in [0.2, 0.25) is 0 Å². The van der Waals surface area contributed by atoms with Crippen molar-refractivity contribution < 1.29 is 9.21 Å². The number of hydrogen-bond donors (Lipinski definition) is 1. The molecule has 0 spiro atoms. The summed E-state index contributed by atoms with van der Waals surface area (Å²) in [4.78, 5) is 25.5. The molecule has 1 aliphatic carbocycles. The van der Waals surface area contributed by atoms with Crippen LogP contribution in [0, 0.1) is 17.2 Å². The molecule has 0 radical (unpaired) electrons. The molecule has 7 heteroatoms. The molecular weight excluding hydrogens is 380 g/mol. The van der Waals surface area contributed by atoms with Crippen LogP contribution < -0.4 is 11.5 Å². The number of amides is 1. The predicted octanol–water partition coefficient (Wildman–Crippen LogP) is 2.18. The Morgan fingerprint density at radius 2 is 1.97 bits per heavy atom. The lowest BCUT2D eigenvalue weighted by molar-refractivity contribution is -0.123. The topological polar surface area (TPSA) is 105 Å². The Hall–Kier alpha value is -3.37. The standard InChI is InChI=1S/C23H22N4O3/c1-26-19-9-15(6-7-21(19)30-23(26)29)14-4-2-13(3-5-14)8-17(12-24)27-18-10-16(18)11-20(27)22(25)28/h2-7,9,16-18,20H,8,10-11H2,1H3,(H2,25,28)/t16?,17-,18?,20?/m0/s1. The fourth-order valence-corrected chi connectivity index (χ4v) is 4.78. The average molecular weight is 402 g/mol. The van der Waals surface area contributed by atoms with Crippen molar-refractivity contribution in [2.75, 3.05) is 0 Å². The van der Waals surface area contributed by atoms with Crippen molar-refractivity contribution in [3.8, 4) is 17.2 Å². The molecular formula is C23H22N4O3. The van der Waals surface area contributed by atoms with Crippen LogP contribution in [0.4, 0.5) is 0 Å². The monoisotopic (exact) mass is 402 g/mol. The summed E-state index contributed by atoms with van der Waals surface area (Å²) in [6.07, 6.45) is 2.38. The minimum Gasteiger partial charge on any atom is -0.408 e. The zero-order valence-electron chi connectivity index (χ0n) is 16.6. The molecule has 30 heavy (non-hydrogen) atoms. The largest absolute Gasteiger partial charge is 0.419 e. The first-order chi connectivity index (χ1) is 14.5. The van der Waals surface area contributed by atoms with E-state index in [2.05, 4.69) is 6.07 Å². The summed E-state index contributed by atoms with van der Waals surface area (Å²) >= 11 is 0. The summed E-state index contributed by atoms with van der Waals surface area (Å²) in [5.41, 5.74) is 9.92. The summed E-state index contributed by atoms with van der Waals surface area (Å²) in [6.45, 7) is 0. The summed E-state index contributed by atoms with van der Waals surface area (Å²) < 4.78 is 6.68. The first-order valence-corrected chi connectivity index (χ1v) is 10.1. The molecule has 2 aliphatic rings. The smallest absolute Gasteiger partial charge is 0.408 e. The maximum absolute atomic E-state index is 11.8. The van der Waals surface area contributed by atoms with Crippen LogP contribution in [0.1, 0.15) is 18.4 Å². The van der Waals surface area contributed by atoms with Crippen molar-refractivity contribution in [3.05, 3.63) is 58.6 Å².